The number of pyridine rings is 1. The Balaban J connectivity index is 2.65. The van der Waals surface area contributed by atoms with E-state index in [2.05, 4.69) is 9.47 Å². The van der Waals surface area contributed by atoms with Crippen molar-refractivity contribution in [3.05, 3.63) is 63.6 Å². The van der Waals surface area contributed by atoms with Gasteiger partial charge >= 0.3 is 11.9 Å². The van der Waals surface area contributed by atoms with Gasteiger partial charge in [0.2, 0.25) is 5.43 Å². The van der Waals surface area contributed by atoms with Crippen LogP contribution in [0.2, 0.25) is 0 Å². The molecular formula is C17H17NO5. The number of hydrogen-bond donors (Lipinski definition) is 0. The average molecular weight is 315 g/mol. The minimum absolute atomic E-state index is 0.227. The highest BCUT2D eigenvalue weighted by Gasteiger charge is 2.20. The van der Waals surface area contributed by atoms with Gasteiger partial charge in [-0.05, 0) is 24.1 Å². The lowest BCUT2D eigenvalue weighted by Gasteiger charge is -2.11. The number of esters is 2. The maximum absolute atomic E-state index is 12.2. The lowest BCUT2D eigenvalue weighted by atomic mass is 10.1. The molecule has 0 amide bonds. The van der Waals surface area contributed by atoms with E-state index in [0.717, 1.165) is 12.0 Å². The molecule has 0 atom stereocenters. The van der Waals surface area contributed by atoms with Crippen molar-refractivity contribution in [1.29, 1.82) is 0 Å². The van der Waals surface area contributed by atoms with E-state index in [4.69, 9.17) is 0 Å². The van der Waals surface area contributed by atoms with Crippen molar-refractivity contribution in [2.45, 2.75) is 13.3 Å². The molecule has 2 aromatic rings. The van der Waals surface area contributed by atoms with Gasteiger partial charge in [-0.15, -0.1) is 0 Å². The summed E-state index contributed by atoms with van der Waals surface area (Å²) in [4.78, 5) is 35.8. The van der Waals surface area contributed by atoms with E-state index in [1.54, 1.807) is 0 Å². The van der Waals surface area contributed by atoms with Crippen LogP contribution < -0.4 is 5.43 Å². The Morgan fingerprint density at radius 2 is 1.43 bits per heavy atom. The molecule has 23 heavy (non-hydrogen) atoms. The fourth-order valence-corrected chi connectivity index (χ4v) is 2.14. The molecule has 0 N–H and O–H groups in total. The first-order valence-corrected chi connectivity index (χ1v) is 7.04. The predicted octanol–water partition coefficient (Wildman–Crippen LogP) is 1.97. The molecule has 0 saturated carbocycles. The number of hydrogen-bond acceptors (Lipinski definition) is 5. The van der Waals surface area contributed by atoms with Gasteiger partial charge in [0.15, 0.2) is 0 Å². The van der Waals surface area contributed by atoms with Gasteiger partial charge in [-0.1, -0.05) is 19.1 Å². The summed E-state index contributed by atoms with van der Waals surface area (Å²) in [7, 11) is 2.35. The number of carbonyl (C=O) groups is 2. The van der Waals surface area contributed by atoms with Crippen molar-refractivity contribution in [3.8, 4) is 5.69 Å². The minimum Gasteiger partial charge on any atom is -0.465 e. The number of aryl methyl sites for hydroxylation is 1. The Morgan fingerprint density at radius 3 is 1.83 bits per heavy atom. The topological polar surface area (TPSA) is 74.6 Å². The number of rotatable bonds is 4. The molecular weight excluding hydrogens is 298 g/mol. The molecule has 0 radical (unpaired) electrons. The molecule has 6 nitrogen and oxygen atoms in total. The van der Waals surface area contributed by atoms with Crippen LogP contribution in [0.1, 0.15) is 33.2 Å². The Labute approximate surface area is 133 Å². The first-order chi connectivity index (χ1) is 11.0. The van der Waals surface area contributed by atoms with Gasteiger partial charge in [-0.2, -0.15) is 0 Å². The molecule has 0 saturated heterocycles. The Bertz CT molecular complexity index is 749. The number of ether oxygens (including phenoxy) is 2. The third-order valence-corrected chi connectivity index (χ3v) is 3.48. The summed E-state index contributed by atoms with van der Waals surface area (Å²) >= 11 is 0. The molecule has 0 fully saturated rings. The van der Waals surface area contributed by atoms with Crippen LogP contribution in [0.3, 0.4) is 0 Å². The molecule has 120 valence electrons. The highest BCUT2D eigenvalue weighted by Crippen LogP contribution is 2.12. The maximum Gasteiger partial charge on any atom is 0.343 e. The van der Waals surface area contributed by atoms with Gasteiger partial charge in [-0.25, -0.2) is 9.59 Å². The molecule has 0 spiro atoms. The van der Waals surface area contributed by atoms with E-state index < -0.39 is 17.4 Å². The minimum atomic E-state index is -0.806. The van der Waals surface area contributed by atoms with Crippen molar-refractivity contribution >= 4 is 11.9 Å². The van der Waals surface area contributed by atoms with Gasteiger partial charge in [0, 0.05) is 18.1 Å². The predicted molar refractivity (Wildman–Crippen MR) is 84.1 cm³/mol. The molecule has 0 aliphatic carbocycles. The fraction of sp³-hybridized carbons (Fsp3) is 0.235. The second-order valence-corrected chi connectivity index (χ2v) is 4.83. The first-order valence-electron chi connectivity index (χ1n) is 7.04. The average Bonchev–Trinajstić information content (AvgIpc) is 2.60. The molecule has 0 bridgehead atoms. The summed E-state index contributed by atoms with van der Waals surface area (Å²) < 4.78 is 10.7. The Hall–Kier alpha value is -2.89. The quantitative estimate of drug-likeness (QED) is 0.806. The van der Waals surface area contributed by atoms with Crippen molar-refractivity contribution in [2.75, 3.05) is 14.2 Å². The van der Waals surface area contributed by atoms with E-state index in [9.17, 15) is 14.4 Å². The van der Waals surface area contributed by atoms with Crippen LogP contribution in [0.25, 0.3) is 5.69 Å². The zero-order valence-corrected chi connectivity index (χ0v) is 13.2. The van der Waals surface area contributed by atoms with E-state index >= 15 is 0 Å². The summed E-state index contributed by atoms with van der Waals surface area (Å²) in [5.41, 5.74) is 0.684. The van der Waals surface area contributed by atoms with E-state index in [0.29, 0.717) is 5.69 Å². The van der Waals surface area contributed by atoms with E-state index in [1.165, 1.54) is 31.2 Å². The molecule has 0 aliphatic heterocycles. The number of aromatic nitrogens is 1. The summed E-state index contributed by atoms with van der Waals surface area (Å²) in [6.07, 6.45) is 3.59. The van der Waals surface area contributed by atoms with Crippen molar-refractivity contribution in [2.24, 2.45) is 0 Å². The van der Waals surface area contributed by atoms with Gasteiger partial charge in [0.1, 0.15) is 11.1 Å². The van der Waals surface area contributed by atoms with Crippen LogP contribution in [0.5, 0.6) is 0 Å². The monoisotopic (exact) mass is 315 g/mol. The summed E-state index contributed by atoms with van der Waals surface area (Å²) in [5, 5.41) is 0. The first kappa shape index (κ1) is 16.5. The third kappa shape index (κ3) is 3.31. The van der Waals surface area contributed by atoms with E-state index in [-0.39, 0.29) is 11.1 Å². The Morgan fingerprint density at radius 1 is 0.957 bits per heavy atom. The van der Waals surface area contributed by atoms with Crippen LogP contribution in [-0.4, -0.2) is 30.7 Å². The number of methoxy groups -OCH3 is 2. The summed E-state index contributed by atoms with van der Waals surface area (Å²) in [6.45, 7) is 2.04. The smallest absolute Gasteiger partial charge is 0.343 e. The fourth-order valence-electron chi connectivity index (χ4n) is 2.14. The van der Waals surface area contributed by atoms with Crippen LogP contribution in [0, 0.1) is 0 Å². The zero-order chi connectivity index (χ0) is 17.0. The molecule has 6 heteroatoms. The number of nitrogens with zero attached hydrogens (tertiary/aromatic N) is 1. The number of carbonyl (C=O) groups excluding carboxylic acids is 2. The third-order valence-electron chi connectivity index (χ3n) is 3.48. The molecule has 0 unspecified atom stereocenters. The Kier molecular flexibility index (Phi) is 4.95. The van der Waals surface area contributed by atoms with Crippen molar-refractivity contribution in [1.82, 2.24) is 4.57 Å². The molecule has 2 rings (SSSR count). The van der Waals surface area contributed by atoms with Crippen LogP contribution in [0.15, 0.2) is 41.5 Å². The second-order valence-electron chi connectivity index (χ2n) is 4.83. The second kappa shape index (κ2) is 6.91. The largest absolute Gasteiger partial charge is 0.465 e. The number of benzene rings is 1. The van der Waals surface area contributed by atoms with Gasteiger partial charge < -0.3 is 14.0 Å². The van der Waals surface area contributed by atoms with E-state index in [1.807, 2.05) is 31.2 Å². The molecule has 0 aliphatic rings. The van der Waals surface area contributed by atoms with Gasteiger partial charge in [0.25, 0.3) is 0 Å². The van der Waals surface area contributed by atoms with Crippen molar-refractivity contribution in [3.63, 3.8) is 0 Å². The molecule has 1 aromatic heterocycles. The highest BCUT2D eigenvalue weighted by atomic mass is 16.5. The summed E-state index contributed by atoms with van der Waals surface area (Å²) in [5.74, 6) is -1.61. The SMILES string of the molecule is CCc1ccc(-n2cc(C(=O)OC)c(=O)c(C(=O)OC)c2)cc1. The zero-order valence-electron chi connectivity index (χ0n) is 13.2. The standard InChI is InChI=1S/C17H17NO5/c1-4-11-5-7-12(8-6-11)18-9-13(16(20)22-2)15(19)14(10-18)17(21)23-3/h5-10H,4H2,1-3H3. The van der Waals surface area contributed by atoms with Crippen LogP contribution >= 0.6 is 0 Å². The normalized spacial score (nSPS) is 10.2. The molecule has 1 heterocycles. The maximum atomic E-state index is 12.2. The van der Waals surface area contributed by atoms with Gasteiger partial charge in [-0.3, -0.25) is 4.79 Å². The molecule has 1 aromatic carbocycles. The van der Waals surface area contributed by atoms with Gasteiger partial charge in [0.05, 0.1) is 14.2 Å². The lowest BCUT2D eigenvalue weighted by Crippen LogP contribution is -2.25. The highest BCUT2D eigenvalue weighted by molar-refractivity contribution is 5.94. The van der Waals surface area contributed by atoms with Crippen molar-refractivity contribution < 1.29 is 19.1 Å². The van der Waals surface area contributed by atoms with Crippen LogP contribution in [-0.2, 0) is 15.9 Å². The summed E-state index contributed by atoms with van der Waals surface area (Å²) in [6, 6.07) is 7.54. The van der Waals surface area contributed by atoms with Crippen LogP contribution in [0.4, 0.5) is 0 Å². The lowest BCUT2D eigenvalue weighted by molar-refractivity contribution is 0.0595.